The lowest BCUT2D eigenvalue weighted by Crippen LogP contribution is -2.23. The number of pyridine rings is 1. The van der Waals surface area contributed by atoms with E-state index >= 15 is 0 Å². The van der Waals surface area contributed by atoms with Gasteiger partial charge in [0, 0.05) is 31.4 Å². The molecular weight excluding hydrogens is 268 g/mol. The van der Waals surface area contributed by atoms with Gasteiger partial charge in [-0.05, 0) is 36.4 Å². The first kappa shape index (κ1) is 15.0. The molecule has 0 radical (unpaired) electrons. The number of benzene rings is 1. The minimum Gasteiger partial charge on any atom is -0.492 e. The van der Waals surface area contributed by atoms with Crippen LogP contribution < -0.4 is 10.1 Å². The monoisotopic (exact) mass is 286 g/mol. The highest BCUT2D eigenvalue weighted by atomic mass is 16.5. The second-order valence-corrected chi connectivity index (χ2v) is 4.50. The van der Waals surface area contributed by atoms with Crippen molar-refractivity contribution < 1.29 is 14.6 Å². The molecule has 1 aromatic carbocycles. The Morgan fingerprint density at radius 3 is 2.62 bits per heavy atom. The van der Waals surface area contributed by atoms with Gasteiger partial charge >= 0.3 is 5.97 Å². The normalized spacial score (nSPS) is 10.3. The molecule has 0 unspecified atom stereocenters. The Morgan fingerprint density at radius 2 is 1.95 bits per heavy atom. The van der Waals surface area contributed by atoms with Gasteiger partial charge in [0.15, 0.2) is 0 Å². The van der Waals surface area contributed by atoms with E-state index in [0.717, 1.165) is 25.2 Å². The SMILES string of the molecule is O=C(O)c1ccc(OCCNCCc2ccccn2)cc1. The molecule has 0 saturated carbocycles. The number of nitrogens with zero attached hydrogens (tertiary/aromatic N) is 1. The van der Waals surface area contributed by atoms with Gasteiger partial charge in [-0.15, -0.1) is 0 Å². The van der Waals surface area contributed by atoms with Crippen LogP contribution in [0.25, 0.3) is 0 Å². The van der Waals surface area contributed by atoms with Crippen LogP contribution in [-0.4, -0.2) is 35.8 Å². The van der Waals surface area contributed by atoms with Crippen LogP contribution >= 0.6 is 0 Å². The van der Waals surface area contributed by atoms with Gasteiger partial charge in [0.05, 0.1) is 5.56 Å². The fourth-order valence-corrected chi connectivity index (χ4v) is 1.82. The van der Waals surface area contributed by atoms with Gasteiger partial charge in [-0.2, -0.15) is 0 Å². The maximum absolute atomic E-state index is 10.7. The number of carboxylic acids is 1. The summed E-state index contributed by atoms with van der Waals surface area (Å²) in [5.74, 6) is -0.260. The van der Waals surface area contributed by atoms with Crippen molar-refractivity contribution >= 4 is 5.97 Å². The molecule has 5 nitrogen and oxygen atoms in total. The fraction of sp³-hybridized carbons (Fsp3) is 0.250. The van der Waals surface area contributed by atoms with Crippen molar-refractivity contribution in [2.45, 2.75) is 6.42 Å². The number of aromatic carboxylic acids is 1. The molecule has 21 heavy (non-hydrogen) atoms. The lowest BCUT2D eigenvalue weighted by atomic mass is 10.2. The zero-order valence-corrected chi connectivity index (χ0v) is 11.7. The minimum atomic E-state index is -0.933. The number of ether oxygens (including phenoxy) is 1. The van der Waals surface area contributed by atoms with Crippen molar-refractivity contribution in [1.29, 1.82) is 0 Å². The van der Waals surface area contributed by atoms with Crippen molar-refractivity contribution in [3.05, 3.63) is 59.9 Å². The molecule has 110 valence electrons. The van der Waals surface area contributed by atoms with E-state index in [-0.39, 0.29) is 5.56 Å². The standard InChI is InChI=1S/C16H18N2O3/c19-16(20)13-4-6-15(7-5-13)21-12-11-17-10-8-14-3-1-2-9-18-14/h1-7,9,17H,8,10-12H2,(H,19,20). The molecule has 2 rings (SSSR count). The number of aromatic nitrogens is 1. The van der Waals surface area contributed by atoms with Crippen LogP contribution in [0.4, 0.5) is 0 Å². The van der Waals surface area contributed by atoms with E-state index in [1.807, 2.05) is 18.2 Å². The summed E-state index contributed by atoms with van der Waals surface area (Å²) in [5.41, 5.74) is 1.33. The van der Waals surface area contributed by atoms with Crippen LogP contribution in [0.5, 0.6) is 5.75 Å². The van der Waals surface area contributed by atoms with Crippen LogP contribution in [0.1, 0.15) is 16.1 Å². The van der Waals surface area contributed by atoms with Gasteiger partial charge in [0.25, 0.3) is 0 Å². The van der Waals surface area contributed by atoms with Crippen LogP contribution in [0.15, 0.2) is 48.7 Å². The molecule has 0 bridgehead atoms. The first-order valence-electron chi connectivity index (χ1n) is 6.82. The average Bonchev–Trinajstić information content (AvgIpc) is 2.52. The highest BCUT2D eigenvalue weighted by Gasteiger charge is 2.01. The molecule has 0 amide bonds. The Balaban J connectivity index is 1.60. The Bertz CT molecular complexity index is 555. The molecule has 0 spiro atoms. The van der Waals surface area contributed by atoms with Gasteiger partial charge in [-0.25, -0.2) is 4.79 Å². The van der Waals surface area contributed by atoms with Gasteiger partial charge in [-0.1, -0.05) is 6.07 Å². The topological polar surface area (TPSA) is 71.5 Å². The third-order valence-electron chi connectivity index (χ3n) is 2.93. The number of hydrogen-bond acceptors (Lipinski definition) is 4. The fourth-order valence-electron chi connectivity index (χ4n) is 1.82. The maximum Gasteiger partial charge on any atom is 0.335 e. The summed E-state index contributed by atoms with van der Waals surface area (Å²) in [6.45, 7) is 2.11. The molecule has 2 N–H and O–H groups in total. The first-order chi connectivity index (χ1) is 10.3. The highest BCUT2D eigenvalue weighted by molar-refractivity contribution is 5.87. The molecule has 0 atom stereocenters. The van der Waals surface area contributed by atoms with E-state index in [2.05, 4.69) is 10.3 Å². The number of rotatable bonds is 8. The second-order valence-electron chi connectivity index (χ2n) is 4.50. The van der Waals surface area contributed by atoms with Crippen molar-refractivity contribution in [3.63, 3.8) is 0 Å². The summed E-state index contributed by atoms with van der Waals surface area (Å²) < 4.78 is 5.52. The molecule has 0 aliphatic carbocycles. The van der Waals surface area contributed by atoms with E-state index in [1.165, 1.54) is 12.1 Å². The van der Waals surface area contributed by atoms with Gasteiger partial charge in [0.1, 0.15) is 12.4 Å². The Kier molecular flexibility index (Phi) is 5.72. The summed E-state index contributed by atoms with van der Waals surface area (Å²) >= 11 is 0. The summed E-state index contributed by atoms with van der Waals surface area (Å²) in [6, 6.07) is 12.3. The summed E-state index contributed by atoms with van der Waals surface area (Å²) in [5, 5.41) is 12.1. The van der Waals surface area contributed by atoms with E-state index in [9.17, 15) is 4.79 Å². The van der Waals surface area contributed by atoms with E-state index in [1.54, 1.807) is 18.3 Å². The van der Waals surface area contributed by atoms with Crippen LogP contribution in [0.3, 0.4) is 0 Å². The predicted molar refractivity (Wildman–Crippen MR) is 79.7 cm³/mol. The highest BCUT2D eigenvalue weighted by Crippen LogP contribution is 2.11. The molecule has 1 aromatic heterocycles. The first-order valence-corrected chi connectivity index (χ1v) is 6.82. The quantitative estimate of drug-likeness (QED) is 0.726. The lowest BCUT2D eigenvalue weighted by molar-refractivity contribution is 0.0697. The number of carbonyl (C=O) groups is 1. The number of carboxylic acid groups (broad SMARTS) is 1. The molecule has 0 aliphatic heterocycles. The van der Waals surface area contributed by atoms with Crippen LogP contribution in [0.2, 0.25) is 0 Å². The molecule has 0 aliphatic rings. The average molecular weight is 286 g/mol. The smallest absolute Gasteiger partial charge is 0.335 e. The summed E-state index contributed by atoms with van der Waals surface area (Å²) in [7, 11) is 0. The van der Waals surface area contributed by atoms with Gasteiger partial charge in [-0.3, -0.25) is 4.98 Å². The largest absolute Gasteiger partial charge is 0.492 e. The second kappa shape index (κ2) is 8.01. The molecule has 5 heteroatoms. The molecular formula is C16H18N2O3. The Labute approximate surface area is 123 Å². The minimum absolute atomic E-state index is 0.260. The summed E-state index contributed by atoms with van der Waals surface area (Å²) in [4.78, 5) is 15.0. The summed E-state index contributed by atoms with van der Waals surface area (Å²) in [6.07, 6.45) is 2.67. The van der Waals surface area contributed by atoms with Crippen molar-refractivity contribution in [2.75, 3.05) is 19.7 Å². The Hall–Kier alpha value is -2.40. The van der Waals surface area contributed by atoms with E-state index < -0.39 is 5.97 Å². The Morgan fingerprint density at radius 1 is 1.14 bits per heavy atom. The van der Waals surface area contributed by atoms with Crippen molar-refractivity contribution in [2.24, 2.45) is 0 Å². The zero-order chi connectivity index (χ0) is 14.9. The third kappa shape index (κ3) is 5.24. The maximum atomic E-state index is 10.7. The number of nitrogens with one attached hydrogen (secondary N) is 1. The van der Waals surface area contributed by atoms with Gasteiger partial charge in [0.2, 0.25) is 0 Å². The number of hydrogen-bond donors (Lipinski definition) is 2. The molecule has 2 aromatic rings. The zero-order valence-electron chi connectivity index (χ0n) is 11.7. The van der Waals surface area contributed by atoms with Crippen molar-refractivity contribution in [3.8, 4) is 5.75 Å². The third-order valence-corrected chi connectivity index (χ3v) is 2.93. The van der Waals surface area contributed by atoms with E-state index in [4.69, 9.17) is 9.84 Å². The molecule has 0 fully saturated rings. The van der Waals surface area contributed by atoms with Crippen LogP contribution in [0, 0.1) is 0 Å². The molecule has 0 saturated heterocycles. The van der Waals surface area contributed by atoms with E-state index in [0.29, 0.717) is 12.4 Å². The lowest BCUT2D eigenvalue weighted by Gasteiger charge is -2.07. The predicted octanol–water partition coefficient (Wildman–Crippen LogP) is 1.99. The van der Waals surface area contributed by atoms with Gasteiger partial charge < -0.3 is 15.2 Å². The van der Waals surface area contributed by atoms with Crippen LogP contribution in [-0.2, 0) is 6.42 Å². The molecule has 1 heterocycles. The van der Waals surface area contributed by atoms with Crippen molar-refractivity contribution in [1.82, 2.24) is 10.3 Å².